The van der Waals surface area contributed by atoms with Crippen molar-refractivity contribution < 1.29 is 28.5 Å². The van der Waals surface area contributed by atoms with Crippen molar-refractivity contribution in [2.45, 2.75) is 6.54 Å². The molecule has 0 spiro atoms. The van der Waals surface area contributed by atoms with Crippen LogP contribution in [0.4, 0.5) is 0 Å². The van der Waals surface area contributed by atoms with Gasteiger partial charge in [0, 0.05) is 6.54 Å². The first-order valence-electron chi connectivity index (χ1n) is 7.86. The van der Waals surface area contributed by atoms with Gasteiger partial charge in [-0.15, -0.1) is 0 Å². The second-order valence-corrected chi connectivity index (χ2v) is 5.27. The molecule has 0 bridgehead atoms. The molecular formula is C19H21NO6. The summed E-state index contributed by atoms with van der Waals surface area (Å²) in [6, 6.07) is 11.9. The summed E-state index contributed by atoms with van der Waals surface area (Å²) in [6.07, 6.45) is 0. The first-order chi connectivity index (χ1) is 12.6. The third-order valence-electron chi connectivity index (χ3n) is 3.60. The van der Waals surface area contributed by atoms with E-state index >= 15 is 0 Å². The van der Waals surface area contributed by atoms with E-state index in [-0.39, 0.29) is 12.2 Å². The van der Waals surface area contributed by atoms with Crippen molar-refractivity contribution in [1.82, 2.24) is 5.32 Å². The van der Waals surface area contributed by atoms with E-state index in [0.717, 1.165) is 11.3 Å². The Morgan fingerprint density at radius 2 is 1.58 bits per heavy atom. The first-order valence-corrected chi connectivity index (χ1v) is 7.86. The van der Waals surface area contributed by atoms with E-state index < -0.39 is 11.9 Å². The predicted octanol–water partition coefficient (Wildman–Crippen LogP) is 2.19. The second-order valence-electron chi connectivity index (χ2n) is 5.27. The van der Waals surface area contributed by atoms with Crippen LogP contribution in [0.2, 0.25) is 0 Å². The fourth-order valence-electron chi connectivity index (χ4n) is 2.17. The highest BCUT2D eigenvalue weighted by Gasteiger charge is 2.13. The minimum Gasteiger partial charge on any atom is -0.497 e. The quantitative estimate of drug-likeness (QED) is 0.728. The van der Waals surface area contributed by atoms with Crippen LogP contribution in [-0.2, 0) is 16.1 Å². The molecule has 0 heterocycles. The summed E-state index contributed by atoms with van der Waals surface area (Å²) in [5, 5.41) is 2.68. The summed E-state index contributed by atoms with van der Waals surface area (Å²) in [7, 11) is 4.56. The van der Waals surface area contributed by atoms with Crippen molar-refractivity contribution in [1.29, 1.82) is 0 Å². The van der Waals surface area contributed by atoms with Crippen LogP contribution in [0.1, 0.15) is 15.9 Å². The molecule has 0 atom stereocenters. The number of esters is 1. The largest absolute Gasteiger partial charge is 0.497 e. The fraction of sp³-hybridized carbons (Fsp3) is 0.263. The number of hydrogen-bond donors (Lipinski definition) is 1. The predicted molar refractivity (Wildman–Crippen MR) is 94.7 cm³/mol. The molecule has 0 saturated heterocycles. The van der Waals surface area contributed by atoms with E-state index in [1.54, 1.807) is 31.4 Å². The molecule has 0 unspecified atom stereocenters. The van der Waals surface area contributed by atoms with Gasteiger partial charge in [-0.1, -0.05) is 12.1 Å². The van der Waals surface area contributed by atoms with E-state index in [9.17, 15) is 9.59 Å². The normalized spacial score (nSPS) is 9.96. The lowest BCUT2D eigenvalue weighted by molar-refractivity contribution is -0.124. The fourth-order valence-corrected chi connectivity index (χ4v) is 2.17. The molecule has 0 aliphatic heterocycles. The first kappa shape index (κ1) is 19.1. The summed E-state index contributed by atoms with van der Waals surface area (Å²) < 4.78 is 20.3. The van der Waals surface area contributed by atoms with Crippen molar-refractivity contribution in [3.05, 3.63) is 53.6 Å². The van der Waals surface area contributed by atoms with E-state index in [0.29, 0.717) is 18.0 Å². The minimum atomic E-state index is -0.620. The van der Waals surface area contributed by atoms with Gasteiger partial charge in [0.15, 0.2) is 18.1 Å². The highest BCUT2D eigenvalue weighted by Crippen LogP contribution is 2.27. The molecule has 0 radical (unpaired) electrons. The molecule has 1 amide bonds. The lowest BCUT2D eigenvalue weighted by atomic mass is 10.2. The number of amides is 1. The Bertz CT molecular complexity index is 757. The van der Waals surface area contributed by atoms with Gasteiger partial charge < -0.3 is 24.3 Å². The van der Waals surface area contributed by atoms with Gasteiger partial charge in [-0.25, -0.2) is 4.79 Å². The zero-order valence-electron chi connectivity index (χ0n) is 14.9. The van der Waals surface area contributed by atoms with Crippen LogP contribution in [0, 0.1) is 0 Å². The van der Waals surface area contributed by atoms with Crippen LogP contribution in [-0.4, -0.2) is 39.8 Å². The van der Waals surface area contributed by atoms with Crippen molar-refractivity contribution in [3.8, 4) is 17.2 Å². The number of carbonyl (C=O) groups is 2. The molecule has 2 aromatic rings. The molecule has 0 aliphatic rings. The summed E-state index contributed by atoms with van der Waals surface area (Å²) in [5.41, 5.74) is 1.18. The molecule has 7 nitrogen and oxygen atoms in total. The zero-order valence-corrected chi connectivity index (χ0v) is 14.9. The molecular weight excluding hydrogens is 338 g/mol. The molecule has 2 aromatic carbocycles. The van der Waals surface area contributed by atoms with E-state index in [2.05, 4.69) is 5.32 Å². The highest BCUT2D eigenvalue weighted by atomic mass is 16.5. The number of nitrogens with one attached hydrogen (secondary N) is 1. The van der Waals surface area contributed by atoms with Crippen LogP contribution >= 0.6 is 0 Å². The smallest absolute Gasteiger partial charge is 0.338 e. The number of rotatable bonds is 8. The van der Waals surface area contributed by atoms with Gasteiger partial charge >= 0.3 is 5.97 Å². The monoisotopic (exact) mass is 359 g/mol. The molecule has 0 fully saturated rings. The maximum atomic E-state index is 12.0. The average Bonchev–Trinajstić information content (AvgIpc) is 2.70. The summed E-state index contributed by atoms with van der Waals surface area (Å²) in [6.45, 7) is -0.0416. The Morgan fingerprint density at radius 3 is 2.19 bits per heavy atom. The Labute approximate surface area is 151 Å². The maximum absolute atomic E-state index is 12.0. The van der Waals surface area contributed by atoms with Gasteiger partial charge in [0.1, 0.15) is 5.75 Å². The van der Waals surface area contributed by atoms with Crippen LogP contribution in [0.15, 0.2) is 42.5 Å². The zero-order chi connectivity index (χ0) is 18.9. The molecule has 0 aromatic heterocycles. The van der Waals surface area contributed by atoms with Crippen molar-refractivity contribution in [3.63, 3.8) is 0 Å². The molecule has 7 heteroatoms. The molecule has 2 rings (SSSR count). The van der Waals surface area contributed by atoms with Gasteiger partial charge in [-0.2, -0.15) is 0 Å². The summed E-state index contributed by atoms with van der Waals surface area (Å²) >= 11 is 0. The highest BCUT2D eigenvalue weighted by molar-refractivity contribution is 5.92. The van der Waals surface area contributed by atoms with Gasteiger partial charge in [0.25, 0.3) is 5.91 Å². The van der Waals surface area contributed by atoms with Crippen LogP contribution in [0.3, 0.4) is 0 Å². The second kappa shape index (κ2) is 9.31. The molecule has 26 heavy (non-hydrogen) atoms. The average molecular weight is 359 g/mol. The van der Waals surface area contributed by atoms with Crippen LogP contribution in [0.5, 0.6) is 17.2 Å². The Kier molecular flexibility index (Phi) is 6.84. The SMILES string of the molecule is COc1ccc(CNC(=O)COC(=O)c2ccc(OC)c(OC)c2)cc1. The molecule has 1 N–H and O–H groups in total. The van der Waals surface area contributed by atoms with E-state index in [1.165, 1.54) is 20.3 Å². The van der Waals surface area contributed by atoms with E-state index in [4.69, 9.17) is 18.9 Å². The summed E-state index contributed by atoms with van der Waals surface area (Å²) in [5.74, 6) is 0.635. The molecule has 138 valence electrons. The number of methoxy groups -OCH3 is 3. The molecule has 0 aliphatic carbocycles. The lowest BCUT2D eigenvalue weighted by Gasteiger charge is -2.10. The number of ether oxygens (including phenoxy) is 4. The van der Waals surface area contributed by atoms with Crippen molar-refractivity contribution in [2.24, 2.45) is 0 Å². The van der Waals surface area contributed by atoms with Gasteiger partial charge in [0.2, 0.25) is 0 Å². The third kappa shape index (κ3) is 5.14. The van der Waals surface area contributed by atoms with Crippen molar-refractivity contribution >= 4 is 11.9 Å². The van der Waals surface area contributed by atoms with Crippen LogP contribution < -0.4 is 19.5 Å². The number of benzene rings is 2. The molecule has 0 saturated carbocycles. The van der Waals surface area contributed by atoms with Crippen molar-refractivity contribution in [2.75, 3.05) is 27.9 Å². The van der Waals surface area contributed by atoms with Crippen LogP contribution in [0.25, 0.3) is 0 Å². The maximum Gasteiger partial charge on any atom is 0.338 e. The Hall–Kier alpha value is -3.22. The third-order valence-corrected chi connectivity index (χ3v) is 3.60. The Morgan fingerprint density at radius 1 is 0.885 bits per heavy atom. The van der Waals surface area contributed by atoms with E-state index in [1.807, 2.05) is 12.1 Å². The topological polar surface area (TPSA) is 83.1 Å². The van der Waals surface area contributed by atoms with Gasteiger partial charge in [0.05, 0.1) is 26.9 Å². The minimum absolute atomic E-state index is 0.269. The number of hydrogen-bond acceptors (Lipinski definition) is 6. The van der Waals surface area contributed by atoms with Gasteiger partial charge in [-0.05, 0) is 35.9 Å². The summed E-state index contributed by atoms with van der Waals surface area (Å²) in [4.78, 5) is 23.9. The standard InChI is InChI=1S/C19H21NO6/c1-23-15-7-4-13(5-8-15)11-20-18(21)12-26-19(22)14-6-9-16(24-2)17(10-14)25-3/h4-10H,11-12H2,1-3H3,(H,20,21). The number of carbonyl (C=O) groups excluding carboxylic acids is 2. The lowest BCUT2D eigenvalue weighted by Crippen LogP contribution is -2.28. The van der Waals surface area contributed by atoms with Gasteiger partial charge in [-0.3, -0.25) is 4.79 Å². The Balaban J connectivity index is 1.83.